The number of rotatable bonds is 10. The predicted molar refractivity (Wildman–Crippen MR) is 138 cm³/mol. The van der Waals surface area contributed by atoms with Crippen LogP contribution in [0.5, 0.6) is 0 Å². The fourth-order valence-electron chi connectivity index (χ4n) is 3.99. The van der Waals surface area contributed by atoms with E-state index in [-0.39, 0.29) is 24.1 Å². The number of hydrogen-bond acceptors (Lipinski definition) is 3. The summed E-state index contributed by atoms with van der Waals surface area (Å²) in [6.07, 6.45) is 1.64. The second-order valence-corrected chi connectivity index (χ2v) is 8.71. The minimum Gasteiger partial charge on any atom is -0.346 e. The van der Waals surface area contributed by atoms with Gasteiger partial charge in [-0.2, -0.15) is 5.10 Å². The minimum atomic E-state index is -0.431. The van der Waals surface area contributed by atoms with Gasteiger partial charge in [-0.15, -0.1) is 0 Å². The van der Waals surface area contributed by atoms with Crippen LogP contribution < -0.4 is 5.32 Å². The Bertz CT molecular complexity index is 1270. The SMILES string of the molecule is CN(CCCc1cc(-c2ccc(F)cc2)n[nH]1)C(=O)CC(NC(=O)c1ccccc1)c1ccccc1. The Balaban J connectivity index is 1.32. The van der Waals surface area contributed by atoms with Crippen LogP contribution in [0.4, 0.5) is 4.39 Å². The van der Waals surface area contributed by atoms with Crippen molar-refractivity contribution in [1.29, 1.82) is 0 Å². The van der Waals surface area contributed by atoms with Gasteiger partial charge in [-0.05, 0) is 60.9 Å². The fraction of sp³-hybridized carbons (Fsp3) is 0.207. The first-order valence-electron chi connectivity index (χ1n) is 11.9. The molecule has 3 aromatic carbocycles. The Morgan fingerprint density at radius 2 is 1.64 bits per heavy atom. The molecule has 184 valence electrons. The first kappa shape index (κ1) is 24.9. The molecule has 0 aliphatic rings. The van der Waals surface area contributed by atoms with E-state index in [4.69, 9.17) is 0 Å². The van der Waals surface area contributed by atoms with Crippen LogP contribution in [0.25, 0.3) is 11.3 Å². The topological polar surface area (TPSA) is 78.1 Å². The lowest BCUT2D eigenvalue weighted by Gasteiger charge is -2.23. The molecule has 4 aromatic rings. The van der Waals surface area contributed by atoms with Gasteiger partial charge in [0, 0.05) is 30.4 Å². The number of aromatic amines is 1. The zero-order valence-corrected chi connectivity index (χ0v) is 20.2. The molecule has 0 spiro atoms. The van der Waals surface area contributed by atoms with E-state index in [1.165, 1.54) is 12.1 Å². The highest BCUT2D eigenvalue weighted by molar-refractivity contribution is 5.94. The summed E-state index contributed by atoms with van der Waals surface area (Å²) in [6, 6.07) is 26.3. The van der Waals surface area contributed by atoms with Gasteiger partial charge >= 0.3 is 0 Å². The molecule has 6 nitrogen and oxygen atoms in total. The van der Waals surface area contributed by atoms with Crippen LogP contribution in [0.3, 0.4) is 0 Å². The third kappa shape index (κ3) is 6.66. The molecular weight excluding hydrogens is 455 g/mol. The Labute approximate surface area is 210 Å². The van der Waals surface area contributed by atoms with Gasteiger partial charge in [-0.25, -0.2) is 4.39 Å². The van der Waals surface area contributed by atoms with E-state index in [2.05, 4.69) is 15.5 Å². The highest BCUT2D eigenvalue weighted by Crippen LogP contribution is 2.20. The number of aromatic nitrogens is 2. The van der Waals surface area contributed by atoms with Crippen LogP contribution in [-0.4, -0.2) is 40.5 Å². The number of benzene rings is 3. The fourth-order valence-corrected chi connectivity index (χ4v) is 3.99. The monoisotopic (exact) mass is 484 g/mol. The second-order valence-electron chi connectivity index (χ2n) is 8.71. The summed E-state index contributed by atoms with van der Waals surface area (Å²) >= 11 is 0. The molecule has 0 aliphatic carbocycles. The van der Waals surface area contributed by atoms with Crippen molar-refractivity contribution in [3.63, 3.8) is 0 Å². The van der Waals surface area contributed by atoms with Gasteiger partial charge < -0.3 is 10.2 Å². The predicted octanol–water partition coefficient (Wildman–Crippen LogP) is 5.17. The standard InChI is InChI=1S/C29H29FN4O2/c1-34(18-8-13-25-19-27(33-32-25)22-14-16-24(30)17-15-22)28(35)20-26(21-9-4-2-5-10-21)31-29(36)23-11-6-3-7-12-23/h2-7,9-12,14-17,19,26H,8,13,18,20H2,1H3,(H,31,36)(H,32,33). The summed E-state index contributed by atoms with van der Waals surface area (Å²) in [7, 11) is 1.78. The van der Waals surface area contributed by atoms with Crippen LogP contribution in [0.15, 0.2) is 91.0 Å². The van der Waals surface area contributed by atoms with Gasteiger partial charge in [0.25, 0.3) is 5.91 Å². The number of carbonyl (C=O) groups is 2. The zero-order chi connectivity index (χ0) is 25.3. The van der Waals surface area contributed by atoms with Crippen LogP contribution in [0, 0.1) is 5.82 Å². The van der Waals surface area contributed by atoms with Crippen molar-refractivity contribution in [2.75, 3.05) is 13.6 Å². The molecule has 7 heteroatoms. The number of carbonyl (C=O) groups excluding carboxylic acids is 2. The number of halogens is 1. The lowest BCUT2D eigenvalue weighted by molar-refractivity contribution is -0.130. The van der Waals surface area contributed by atoms with Crippen molar-refractivity contribution in [3.8, 4) is 11.3 Å². The van der Waals surface area contributed by atoms with Gasteiger partial charge in [-0.1, -0.05) is 48.5 Å². The number of nitrogens with zero attached hydrogens (tertiary/aromatic N) is 2. The quantitative estimate of drug-likeness (QED) is 0.326. The summed E-state index contributed by atoms with van der Waals surface area (Å²) in [4.78, 5) is 27.5. The Kier molecular flexibility index (Phi) is 8.24. The first-order chi connectivity index (χ1) is 17.5. The molecule has 2 amide bonds. The summed E-state index contributed by atoms with van der Waals surface area (Å²) in [5, 5.41) is 10.3. The van der Waals surface area contributed by atoms with Crippen LogP contribution in [0.2, 0.25) is 0 Å². The average Bonchev–Trinajstić information content (AvgIpc) is 3.38. The maximum Gasteiger partial charge on any atom is 0.251 e. The van der Waals surface area contributed by atoms with E-state index in [0.29, 0.717) is 12.1 Å². The molecule has 0 aliphatic heterocycles. The van der Waals surface area contributed by atoms with Crippen molar-refractivity contribution in [2.45, 2.75) is 25.3 Å². The van der Waals surface area contributed by atoms with Gasteiger partial charge in [0.15, 0.2) is 0 Å². The molecule has 1 atom stereocenters. The largest absolute Gasteiger partial charge is 0.346 e. The van der Waals surface area contributed by atoms with E-state index < -0.39 is 6.04 Å². The van der Waals surface area contributed by atoms with E-state index in [1.807, 2.05) is 54.6 Å². The molecule has 0 radical (unpaired) electrons. The van der Waals surface area contributed by atoms with E-state index in [0.717, 1.165) is 35.4 Å². The molecule has 0 fully saturated rings. The van der Waals surface area contributed by atoms with Crippen LogP contribution in [0.1, 0.15) is 40.5 Å². The summed E-state index contributed by atoms with van der Waals surface area (Å²) in [5.74, 6) is -0.540. The van der Waals surface area contributed by atoms with Crippen molar-refractivity contribution >= 4 is 11.8 Å². The number of aryl methyl sites for hydroxylation is 1. The number of nitrogens with one attached hydrogen (secondary N) is 2. The van der Waals surface area contributed by atoms with Crippen LogP contribution >= 0.6 is 0 Å². The van der Waals surface area contributed by atoms with Crippen LogP contribution in [-0.2, 0) is 11.2 Å². The number of amides is 2. The molecule has 1 unspecified atom stereocenters. The summed E-state index contributed by atoms with van der Waals surface area (Å²) in [5.41, 5.74) is 3.99. The summed E-state index contributed by atoms with van der Waals surface area (Å²) < 4.78 is 13.1. The third-order valence-corrected chi connectivity index (χ3v) is 6.06. The number of hydrogen-bond donors (Lipinski definition) is 2. The normalized spacial score (nSPS) is 11.6. The maximum absolute atomic E-state index is 13.1. The van der Waals surface area contributed by atoms with Gasteiger partial charge in [0.1, 0.15) is 5.82 Å². The molecule has 0 saturated heterocycles. The Morgan fingerprint density at radius 3 is 2.33 bits per heavy atom. The lowest BCUT2D eigenvalue weighted by atomic mass is 10.0. The third-order valence-electron chi connectivity index (χ3n) is 6.06. The highest BCUT2D eigenvalue weighted by Gasteiger charge is 2.21. The van der Waals surface area contributed by atoms with Gasteiger partial charge in [-0.3, -0.25) is 14.7 Å². The molecule has 4 rings (SSSR count). The van der Waals surface area contributed by atoms with Gasteiger partial charge in [0.2, 0.25) is 5.91 Å². The average molecular weight is 485 g/mol. The van der Waals surface area contributed by atoms with Crippen molar-refractivity contribution < 1.29 is 14.0 Å². The molecule has 0 bridgehead atoms. The van der Waals surface area contributed by atoms with Crippen molar-refractivity contribution in [1.82, 2.24) is 20.4 Å². The van der Waals surface area contributed by atoms with E-state index >= 15 is 0 Å². The second kappa shape index (κ2) is 11.9. The number of H-pyrrole nitrogens is 1. The molecule has 1 aromatic heterocycles. The summed E-state index contributed by atoms with van der Waals surface area (Å²) in [6.45, 7) is 0.567. The minimum absolute atomic E-state index is 0.0474. The highest BCUT2D eigenvalue weighted by atomic mass is 19.1. The van der Waals surface area contributed by atoms with Crippen molar-refractivity contribution in [2.24, 2.45) is 0 Å². The smallest absolute Gasteiger partial charge is 0.251 e. The molecule has 2 N–H and O–H groups in total. The molecule has 1 heterocycles. The van der Waals surface area contributed by atoms with E-state index in [9.17, 15) is 14.0 Å². The van der Waals surface area contributed by atoms with E-state index in [1.54, 1.807) is 36.2 Å². The Hall–Kier alpha value is -4.26. The van der Waals surface area contributed by atoms with Crippen molar-refractivity contribution in [3.05, 3.63) is 114 Å². The molecule has 0 saturated carbocycles. The van der Waals surface area contributed by atoms with Gasteiger partial charge in [0.05, 0.1) is 18.2 Å². The Morgan fingerprint density at radius 1 is 0.972 bits per heavy atom. The lowest BCUT2D eigenvalue weighted by Crippen LogP contribution is -2.35. The molecular formula is C29H29FN4O2. The first-order valence-corrected chi connectivity index (χ1v) is 11.9. The molecule has 36 heavy (non-hydrogen) atoms. The zero-order valence-electron chi connectivity index (χ0n) is 20.2. The maximum atomic E-state index is 13.1.